The van der Waals surface area contributed by atoms with Gasteiger partial charge in [0.1, 0.15) is 5.75 Å². The average Bonchev–Trinajstić information content (AvgIpc) is 2.36. The van der Waals surface area contributed by atoms with Crippen molar-refractivity contribution in [2.24, 2.45) is 11.8 Å². The summed E-state index contributed by atoms with van der Waals surface area (Å²) in [6, 6.07) is 4.83. The molecule has 1 aromatic carbocycles. The lowest BCUT2D eigenvalue weighted by Gasteiger charge is -2.31. The second-order valence-electron chi connectivity index (χ2n) is 6.03. The quantitative estimate of drug-likeness (QED) is 0.874. The number of sulfonamides is 1. The average molecular weight is 376 g/mol. The molecule has 1 saturated carbocycles. The molecule has 0 spiro atoms. The van der Waals surface area contributed by atoms with Gasteiger partial charge in [0, 0.05) is 6.04 Å². The van der Waals surface area contributed by atoms with E-state index in [9.17, 15) is 8.42 Å². The molecule has 0 radical (unpaired) electrons. The van der Waals surface area contributed by atoms with Crippen LogP contribution in [-0.2, 0) is 10.0 Å². The minimum atomic E-state index is -3.49. The molecule has 0 amide bonds. The highest BCUT2D eigenvalue weighted by molar-refractivity contribution is 9.10. The maximum atomic E-state index is 12.5. The molecule has 0 aliphatic heterocycles. The summed E-state index contributed by atoms with van der Waals surface area (Å²) in [7, 11) is -1.94. The summed E-state index contributed by atoms with van der Waals surface area (Å²) >= 11 is 3.33. The number of methoxy groups -OCH3 is 1. The highest BCUT2D eigenvalue weighted by Crippen LogP contribution is 2.31. The minimum Gasteiger partial charge on any atom is -0.496 e. The van der Waals surface area contributed by atoms with Crippen LogP contribution in [0, 0.1) is 11.8 Å². The number of rotatable bonds is 4. The van der Waals surface area contributed by atoms with Gasteiger partial charge in [-0.1, -0.05) is 13.8 Å². The third kappa shape index (κ3) is 4.20. The van der Waals surface area contributed by atoms with E-state index in [-0.39, 0.29) is 10.9 Å². The number of hydrogen-bond acceptors (Lipinski definition) is 3. The number of benzene rings is 1. The molecule has 4 nitrogen and oxygen atoms in total. The lowest BCUT2D eigenvalue weighted by molar-refractivity contribution is 0.257. The summed E-state index contributed by atoms with van der Waals surface area (Å²) in [4.78, 5) is 0.265. The van der Waals surface area contributed by atoms with Crippen LogP contribution in [0.4, 0.5) is 0 Å². The van der Waals surface area contributed by atoms with Crippen molar-refractivity contribution in [3.05, 3.63) is 22.7 Å². The standard InChI is InChI=1S/C15H22BrNO3S/c1-10-6-11(2)8-12(7-10)17-21(18,19)13-4-5-15(20-3)14(16)9-13/h4-5,9-12,17H,6-8H2,1-3H3. The van der Waals surface area contributed by atoms with Crippen LogP contribution in [0.25, 0.3) is 0 Å². The van der Waals surface area contributed by atoms with Crippen LogP contribution in [0.15, 0.2) is 27.6 Å². The van der Waals surface area contributed by atoms with Crippen molar-refractivity contribution in [3.8, 4) is 5.75 Å². The zero-order valence-electron chi connectivity index (χ0n) is 12.6. The Kier molecular flexibility index (Phi) is 5.33. The van der Waals surface area contributed by atoms with Crippen LogP contribution < -0.4 is 9.46 Å². The van der Waals surface area contributed by atoms with Crippen molar-refractivity contribution in [1.29, 1.82) is 0 Å². The second kappa shape index (κ2) is 6.67. The Hall–Kier alpha value is -0.590. The maximum Gasteiger partial charge on any atom is 0.240 e. The van der Waals surface area contributed by atoms with Gasteiger partial charge in [0.2, 0.25) is 10.0 Å². The van der Waals surface area contributed by atoms with Crippen LogP contribution in [0.5, 0.6) is 5.75 Å². The van der Waals surface area contributed by atoms with Crippen LogP contribution in [0.1, 0.15) is 33.1 Å². The summed E-state index contributed by atoms with van der Waals surface area (Å²) in [6.07, 6.45) is 2.98. The second-order valence-corrected chi connectivity index (χ2v) is 8.60. The van der Waals surface area contributed by atoms with E-state index >= 15 is 0 Å². The number of halogens is 1. The van der Waals surface area contributed by atoms with E-state index < -0.39 is 10.0 Å². The van der Waals surface area contributed by atoms with E-state index in [1.54, 1.807) is 25.3 Å². The van der Waals surface area contributed by atoms with E-state index in [0.717, 1.165) is 12.8 Å². The molecule has 0 saturated heterocycles. The molecule has 2 rings (SSSR count). The van der Waals surface area contributed by atoms with Crippen LogP contribution in [0.3, 0.4) is 0 Å². The molecular weight excluding hydrogens is 354 g/mol. The largest absolute Gasteiger partial charge is 0.496 e. The van der Waals surface area contributed by atoms with Gasteiger partial charge in [-0.15, -0.1) is 0 Å². The molecule has 21 heavy (non-hydrogen) atoms. The number of nitrogens with one attached hydrogen (secondary N) is 1. The molecule has 1 fully saturated rings. The first-order chi connectivity index (χ1) is 9.81. The van der Waals surface area contributed by atoms with Gasteiger partial charge in [0.05, 0.1) is 16.5 Å². The van der Waals surface area contributed by atoms with Gasteiger partial charge in [-0.3, -0.25) is 0 Å². The molecule has 0 heterocycles. The molecule has 1 aliphatic carbocycles. The molecule has 0 bridgehead atoms. The van der Waals surface area contributed by atoms with E-state index in [4.69, 9.17) is 4.74 Å². The van der Waals surface area contributed by atoms with Crippen molar-refractivity contribution in [2.45, 2.75) is 44.0 Å². The highest BCUT2D eigenvalue weighted by Gasteiger charge is 2.28. The van der Waals surface area contributed by atoms with Crippen LogP contribution in [-0.4, -0.2) is 21.6 Å². The summed E-state index contributed by atoms with van der Waals surface area (Å²) in [5, 5.41) is 0. The van der Waals surface area contributed by atoms with E-state index in [1.807, 2.05) is 0 Å². The fraction of sp³-hybridized carbons (Fsp3) is 0.600. The highest BCUT2D eigenvalue weighted by atomic mass is 79.9. The summed E-state index contributed by atoms with van der Waals surface area (Å²) in [6.45, 7) is 4.36. The van der Waals surface area contributed by atoms with E-state index in [1.165, 1.54) is 6.42 Å². The van der Waals surface area contributed by atoms with E-state index in [2.05, 4.69) is 34.5 Å². The molecule has 1 aliphatic rings. The van der Waals surface area contributed by atoms with Gasteiger partial charge in [-0.2, -0.15) is 0 Å². The first-order valence-electron chi connectivity index (χ1n) is 7.17. The smallest absolute Gasteiger partial charge is 0.240 e. The minimum absolute atomic E-state index is 0.0228. The monoisotopic (exact) mass is 375 g/mol. The Morgan fingerprint density at radius 1 is 1.19 bits per heavy atom. The van der Waals surface area contributed by atoms with Crippen molar-refractivity contribution in [3.63, 3.8) is 0 Å². The zero-order chi connectivity index (χ0) is 15.6. The van der Waals surface area contributed by atoms with Crippen LogP contribution in [0.2, 0.25) is 0 Å². The van der Waals surface area contributed by atoms with Gasteiger partial charge in [-0.05, 0) is 65.2 Å². The van der Waals surface area contributed by atoms with Crippen molar-refractivity contribution >= 4 is 26.0 Å². The molecule has 2 unspecified atom stereocenters. The molecule has 1 N–H and O–H groups in total. The van der Waals surface area contributed by atoms with E-state index in [0.29, 0.717) is 22.1 Å². The maximum absolute atomic E-state index is 12.5. The van der Waals surface area contributed by atoms with Crippen molar-refractivity contribution in [1.82, 2.24) is 4.72 Å². The summed E-state index contributed by atoms with van der Waals surface area (Å²) in [5.74, 6) is 1.74. The number of ether oxygens (including phenoxy) is 1. The van der Waals surface area contributed by atoms with Crippen LogP contribution >= 0.6 is 15.9 Å². The molecule has 1 aromatic rings. The first-order valence-corrected chi connectivity index (χ1v) is 9.45. The van der Waals surface area contributed by atoms with Gasteiger partial charge in [-0.25, -0.2) is 13.1 Å². The van der Waals surface area contributed by atoms with Crippen molar-refractivity contribution < 1.29 is 13.2 Å². The fourth-order valence-electron chi connectivity index (χ4n) is 3.14. The molecule has 0 aromatic heterocycles. The Morgan fingerprint density at radius 3 is 2.33 bits per heavy atom. The SMILES string of the molecule is COc1ccc(S(=O)(=O)NC2CC(C)CC(C)C2)cc1Br. The Balaban J connectivity index is 2.16. The Bertz CT molecular complexity index is 593. The number of hydrogen-bond donors (Lipinski definition) is 1. The summed E-state index contributed by atoms with van der Waals surface area (Å²) in [5.41, 5.74) is 0. The van der Waals surface area contributed by atoms with Gasteiger partial charge in [0.25, 0.3) is 0 Å². The lowest BCUT2D eigenvalue weighted by atomic mass is 9.81. The van der Waals surface area contributed by atoms with Gasteiger partial charge >= 0.3 is 0 Å². The third-order valence-corrected chi connectivity index (χ3v) is 6.07. The third-order valence-electron chi connectivity index (χ3n) is 3.93. The predicted molar refractivity (Wildman–Crippen MR) is 87.0 cm³/mol. The normalized spacial score (nSPS) is 26.6. The van der Waals surface area contributed by atoms with Gasteiger partial charge < -0.3 is 4.74 Å². The zero-order valence-corrected chi connectivity index (χ0v) is 15.0. The molecular formula is C15H22BrNO3S. The molecule has 2 atom stereocenters. The van der Waals surface area contributed by atoms with Gasteiger partial charge in [0.15, 0.2) is 0 Å². The first kappa shape index (κ1) is 16.8. The lowest BCUT2D eigenvalue weighted by Crippen LogP contribution is -2.39. The fourth-order valence-corrected chi connectivity index (χ4v) is 5.12. The molecule has 118 valence electrons. The Labute approximate surface area is 135 Å². The Morgan fingerprint density at radius 2 is 1.81 bits per heavy atom. The molecule has 6 heteroatoms. The topological polar surface area (TPSA) is 55.4 Å². The predicted octanol–water partition coefficient (Wildman–Crippen LogP) is 3.56. The summed E-state index contributed by atoms with van der Waals surface area (Å²) < 4.78 is 33.6. The van der Waals surface area contributed by atoms with Crippen molar-refractivity contribution in [2.75, 3.05) is 7.11 Å².